The molecule has 0 radical (unpaired) electrons. The predicted molar refractivity (Wildman–Crippen MR) is 126 cm³/mol. The van der Waals surface area contributed by atoms with E-state index in [-0.39, 0.29) is 5.91 Å². The van der Waals surface area contributed by atoms with Crippen LogP contribution in [0, 0.1) is 0 Å². The van der Waals surface area contributed by atoms with Gasteiger partial charge in [-0.15, -0.1) is 0 Å². The molecule has 0 fully saturated rings. The van der Waals surface area contributed by atoms with Gasteiger partial charge in [-0.2, -0.15) is 0 Å². The number of carbonyl (C=O) groups excluding carboxylic acids is 1. The smallest absolute Gasteiger partial charge is 0.221 e. The molecule has 1 aromatic carbocycles. The lowest BCUT2D eigenvalue weighted by Gasteiger charge is -2.11. The molecule has 0 atom stereocenters. The number of rotatable bonds is 19. The van der Waals surface area contributed by atoms with Gasteiger partial charge in [-0.3, -0.25) is 4.79 Å². The molecule has 29 heavy (non-hydrogen) atoms. The third-order valence-corrected chi connectivity index (χ3v) is 5.45. The molecule has 0 spiro atoms. The molecule has 0 aliphatic rings. The van der Waals surface area contributed by atoms with Gasteiger partial charge in [-0.05, 0) is 18.6 Å². The molecule has 0 heterocycles. The van der Waals surface area contributed by atoms with Crippen molar-refractivity contribution in [1.82, 2.24) is 0 Å². The molecule has 1 aromatic rings. The van der Waals surface area contributed by atoms with E-state index in [2.05, 4.69) is 12.2 Å². The molecular weight excluding hydrogens is 358 g/mol. The van der Waals surface area contributed by atoms with E-state index < -0.39 is 0 Å². The number of ether oxygens (including phenoxy) is 1. The molecule has 1 N–H and O–H groups in total. The number of para-hydroxylation sites is 2. The molecule has 3 heteroatoms. The Balaban J connectivity index is 1.86. The predicted octanol–water partition coefficient (Wildman–Crippen LogP) is 8.29. The third kappa shape index (κ3) is 15.1. The van der Waals surface area contributed by atoms with E-state index in [1.165, 1.54) is 103 Å². The van der Waals surface area contributed by atoms with Crippen molar-refractivity contribution in [3.05, 3.63) is 24.3 Å². The summed E-state index contributed by atoms with van der Waals surface area (Å²) < 4.78 is 5.84. The first-order valence-corrected chi connectivity index (χ1v) is 12.2. The Labute approximate surface area is 180 Å². The summed E-state index contributed by atoms with van der Waals surface area (Å²) in [6.07, 6.45) is 22.0. The number of benzene rings is 1. The van der Waals surface area contributed by atoms with Crippen LogP contribution < -0.4 is 10.1 Å². The minimum atomic E-state index is -0.0662. The molecule has 0 aliphatic heterocycles. The van der Waals surface area contributed by atoms with Gasteiger partial charge in [0.15, 0.2) is 0 Å². The van der Waals surface area contributed by atoms with E-state index in [4.69, 9.17) is 4.74 Å². The quantitative estimate of drug-likeness (QED) is 0.236. The second-order valence-corrected chi connectivity index (χ2v) is 8.33. The molecule has 0 bridgehead atoms. The fraction of sp³-hybridized carbons (Fsp3) is 0.731. The van der Waals surface area contributed by atoms with Crippen LogP contribution in [0.1, 0.15) is 117 Å². The average Bonchev–Trinajstić information content (AvgIpc) is 2.71. The van der Waals surface area contributed by atoms with E-state index in [9.17, 15) is 4.79 Å². The van der Waals surface area contributed by atoms with Crippen molar-refractivity contribution in [3.63, 3.8) is 0 Å². The summed E-state index contributed by atoms with van der Waals surface area (Å²) in [6, 6.07) is 7.64. The second-order valence-electron chi connectivity index (χ2n) is 8.33. The lowest BCUT2D eigenvalue weighted by Crippen LogP contribution is -2.08. The van der Waals surface area contributed by atoms with E-state index in [1.807, 2.05) is 24.3 Å². The van der Waals surface area contributed by atoms with Gasteiger partial charge in [0.1, 0.15) is 5.75 Å². The highest BCUT2D eigenvalue weighted by Gasteiger charge is 2.04. The molecule has 1 amide bonds. The summed E-state index contributed by atoms with van der Waals surface area (Å²) >= 11 is 0. The lowest BCUT2D eigenvalue weighted by atomic mass is 10.0. The topological polar surface area (TPSA) is 38.3 Å². The number of hydrogen-bond donors (Lipinski definition) is 1. The van der Waals surface area contributed by atoms with Gasteiger partial charge < -0.3 is 10.1 Å². The zero-order valence-corrected chi connectivity index (χ0v) is 19.1. The summed E-state index contributed by atoms with van der Waals surface area (Å²) in [7, 11) is 0. The molecule has 166 valence electrons. The first-order chi connectivity index (χ1) is 14.2. The van der Waals surface area contributed by atoms with Gasteiger partial charge >= 0.3 is 0 Å². The Bertz CT molecular complexity index is 515. The van der Waals surface area contributed by atoms with Crippen LogP contribution in [-0.4, -0.2) is 12.5 Å². The van der Waals surface area contributed by atoms with E-state index >= 15 is 0 Å². The van der Waals surface area contributed by atoms with E-state index in [0.717, 1.165) is 24.5 Å². The summed E-state index contributed by atoms with van der Waals surface area (Å²) in [5.74, 6) is 0.701. The second kappa shape index (κ2) is 18.5. The number of carbonyl (C=O) groups is 1. The highest BCUT2D eigenvalue weighted by atomic mass is 16.5. The van der Waals surface area contributed by atoms with Crippen LogP contribution in [0.15, 0.2) is 24.3 Å². The van der Waals surface area contributed by atoms with Crippen LogP contribution >= 0.6 is 0 Å². The van der Waals surface area contributed by atoms with E-state index in [1.54, 1.807) is 0 Å². The molecule has 0 saturated carbocycles. The van der Waals surface area contributed by atoms with Crippen molar-refractivity contribution in [2.24, 2.45) is 0 Å². The number of amides is 1. The van der Waals surface area contributed by atoms with Crippen molar-refractivity contribution in [1.29, 1.82) is 0 Å². The fourth-order valence-electron chi connectivity index (χ4n) is 3.72. The Hall–Kier alpha value is -1.51. The molecule has 3 nitrogen and oxygen atoms in total. The largest absolute Gasteiger partial charge is 0.491 e. The zero-order valence-electron chi connectivity index (χ0n) is 19.1. The SMILES string of the molecule is CCCCCCCCCCCCCCCCCCOc1ccccc1NC(C)=O. The maximum Gasteiger partial charge on any atom is 0.221 e. The van der Waals surface area contributed by atoms with Crippen LogP contribution in [0.5, 0.6) is 5.75 Å². The van der Waals surface area contributed by atoms with Crippen LogP contribution in [0.2, 0.25) is 0 Å². The Morgan fingerprint density at radius 2 is 1.17 bits per heavy atom. The van der Waals surface area contributed by atoms with Gasteiger partial charge in [-0.1, -0.05) is 115 Å². The number of anilines is 1. The Kier molecular flexibility index (Phi) is 16.3. The third-order valence-electron chi connectivity index (χ3n) is 5.45. The van der Waals surface area contributed by atoms with Gasteiger partial charge in [0.2, 0.25) is 5.91 Å². The van der Waals surface area contributed by atoms with Crippen LogP contribution in [0.3, 0.4) is 0 Å². The molecule has 0 aliphatic carbocycles. The highest BCUT2D eigenvalue weighted by molar-refractivity contribution is 5.90. The molecular formula is C26H45NO2. The number of nitrogens with one attached hydrogen (secondary N) is 1. The molecule has 0 aromatic heterocycles. The monoisotopic (exact) mass is 403 g/mol. The van der Waals surface area contributed by atoms with Crippen molar-refractivity contribution in [2.75, 3.05) is 11.9 Å². The Morgan fingerprint density at radius 3 is 1.66 bits per heavy atom. The molecule has 1 rings (SSSR count). The fourth-order valence-corrected chi connectivity index (χ4v) is 3.72. The minimum Gasteiger partial charge on any atom is -0.491 e. The van der Waals surface area contributed by atoms with Gasteiger partial charge in [0.05, 0.1) is 12.3 Å². The summed E-state index contributed by atoms with van der Waals surface area (Å²) in [4.78, 5) is 11.2. The Morgan fingerprint density at radius 1 is 0.724 bits per heavy atom. The normalized spacial score (nSPS) is 10.8. The number of hydrogen-bond acceptors (Lipinski definition) is 2. The summed E-state index contributed by atoms with van der Waals surface area (Å²) in [5.41, 5.74) is 0.761. The van der Waals surface area contributed by atoms with Crippen LogP contribution in [-0.2, 0) is 4.79 Å². The standard InChI is InChI=1S/C26H45NO2/c1-3-4-5-6-7-8-9-10-11-12-13-14-15-16-17-20-23-29-26-22-19-18-21-25(26)27-24(2)28/h18-19,21-22H,3-17,20,23H2,1-2H3,(H,27,28). The highest BCUT2D eigenvalue weighted by Crippen LogP contribution is 2.24. The molecule has 0 saturated heterocycles. The van der Waals surface area contributed by atoms with Gasteiger partial charge in [-0.25, -0.2) is 0 Å². The van der Waals surface area contributed by atoms with Crippen molar-refractivity contribution in [3.8, 4) is 5.75 Å². The lowest BCUT2D eigenvalue weighted by molar-refractivity contribution is -0.114. The van der Waals surface area contributed by atoms with Crippen molar-refractivity contribution in [2.45, 2.75) is 117 Å². The first kappa shape index (κ1) is 25.5. The van der Waals surface area contributed by atoms with Gasteiger partial charge in [0, 0.05) is 6.92 Å². The van der Waals surface area contributed by atoms with Crippen molar-refractivity contribution >= 4 is 11.6 Å². The zero-order chi connectivity index (χ0) is 21.0. The van der Waals surface area contributed by atoms with Gasteiger partial charge in [0.25, 0.3) is 0 Å². The first-order valence-electron chi connectivity index (χ1n) is 12.2. The summed E-state index contributed by atoms with van der Waals surface area (Å²) in [6.45, 7) is 4.52. The molecule has 0 unspecified atom stereocenters. The number of unbranched alkanes of at least 4 members (excludes halogenated alkanes) is 15. The average molecular weight is 404 g/mol. The van der Waals surface area contributed by atoms with Crippen LogP contribution in [0.4, 0.5) is 5.69 Å². The minimum absolute atomic E-state index is 0.0662. The van der Waals surface area contributed by atoms with Crippen LogP contribution in [0.25, 0.3) is 0 Å². The maximum atomic E-state index is 11.2. The summed E-state index contributed by atoms with van der Waals surface area (Å²) in [5, 5.41) is 2.82. The van der Waals surface area contributed by atoms with E-state index in [0.29, 0.717) is 0 Å². The maximum absolute atomic E-state index is 11.2. The van der Waals surface area contributed by atoms with Crippen molar-refractivity contribution < 1.29 is 9.53 Å².